The minimum absolute atomic E-state index is 0.0813. The van der Waals surface area contributed by atoms with E-state index in [1.165, 1.54) is 186 Å². The third-order valence-corrected chi connectivity index (χ3v) is 11.6. The summed E-state index contributed by atoms with van der Waals surface area (Å²) in [5.74, 6) is -1.89. The van der Waals surface area contributed by atoms with Crippen molar-refractivity contribution >= 4 is 22.1 Å². The van der Waals surface area contributed by atoms with Crippen LogP contribution in [0.1, 0.15) is 251 Å². The number of rotatable bonds is 42. The lowest BCUT2D eigenvalue weighted by Crippen LogP contribution is -2.34. The van der Waals surface area contributed by atoms with E-state index in [0.717, 1.165) is 32.1 Å². The molecule has 310 valence electrons. The Kier molecular flexibility index (Phi) is 38.7. The molecule has 0 saturated carbocycles. The first kappa shape index (κ1) is 50.9. The largest absolute Gasteiger partial charge is 0.466 e. The summed E-state index contributed by atoms with van der Waals surface area (Å²) in [6, 6.07) is 0. The lowest BCUT2D eigenvalue weighted by molar-refractivity contribution is -0.150. The molecule has 0 spiro atoms. The van der Waals surface area contributed by atoms with Crippen molar-refractivity contribution in [2.24, 2.45) is 0 Å². The SMILES string of the molecule is CCCCCCCCCCCCCCCCCCCCOC(=O)CC(C(=O)OCCCCCCCCCCCCCCCCCCCC)S(=O)(=O)O. The van der Waals surface area contributed by atoms with Crippen LogP contribution in [0, 0.1) is 0 Å². The van der Waals surface area contributed by atoms with E-state index in [1.54, 1.807) is 0 Å². The number of unbranched alkanes of at least 4 members (excludes halogenated alkanes) is 34. The third-order valence-electron chi connectivity index (χ3n) is 10.5. The van der Waals surface area contributed by atoms with Gasteiger partial charge in [0.15, 0.2) is 5.25 Å². The van der Waals surface area contributed by atoms with E-state index in [4.69, 9.17) is 9.47 Å². The first-order chi connectivity index (χ1) is 25.3. The maximum atomic E-state index is 12.4. The van der Waals surface area contributed by atoms with Crippen molar-refractivity contribution in [1.29, 1.82) is 0 Å². The maximum Gasteiger partial charge on any atom is 0.327 e. The van der Waals surface area contributed by atoms with Crippen molar-refractivity contribution in [3.8, 4) is 0 Å². The van der Waals surface area contributed by atoms with E-state index in [1.807, 2.05) is 0 Å². The molecule has 0 aromatic heterocycles. The molecule has 0 aliphatic carbocycles. The van der Waals surface area contributed by atoms with Crippen LogP contribution in [0.5, 0.6) is 0 Å². The van der Waals surface area contributed by atoms with Crippen molar-refractivity contribution in [1.82, 2.24) is 0 Å². The standard InChI is InChI=1S/C44H86O7S/c1-3-5-7-9-11-13-15-17-19-21-23-25-27-29-31-33-35-37-39-50-43(45)41-42(52(47,48)49)44(46)51-40-38-36-34-32-30-28-26-24-22-20-18-16-14-12-10-8-6-4-2/h42H,3-41H2,1-2H3,(H,47,48,49). The Morgan fingerprint density at radius 1 is 0.404 bits per heavy atom. The lowest BCUT2D eigenvalue weighted by atomic mass is 10.0. The van der Waals surface area contributed by atoms with Gasteiger partial charge in [0.05, 0.1) is 19.6 Å². The van der Waals surface area contributed by atoms with Gasteiger partial charge in [0, 0.05) is 0 Å². The minimum Gasteiger partial charge on any atom is -0.466 e. The minimum atomic E-state index is -4.77. The molecule has 0 amide bonds. The summed E-state index contributed by atoms with van der Waals surface area (Å²) in [6.07, 6.45) is 44.8. The molecule has 0 bridgehead atoms. The highest BCUT2D eigenvalue weighted by Gasteiger charge is 2.35. The Morgan fingerprint density at radius 2 is 0.635 bits per heavy atom. The van der Waals surface area contributed by atoms with Crippen LogP contribution < -0.4 is 0 Å². The molecule has 0 saturated heterocycles. The number of carbonyl (C=O) groups excluding carboxylic acids is 2. The molecular weight excluding hydrogens is 673 g/mol. The number of hydrogen-bond acceptors (Lipinski definition) is 6. The second-order valence-corrected chi connectivity index (χ2v) is 17.2. The van der Waals surface area contributed by atoms with Crippen LogP contribution in [0.25, 0.3) is 0 Å². The van der Waals surface area contributed by atoms with Gasteiger partial charge < -0.3 is 9.47 Å². The monoisotopic (exact) mass is 759 g/mol. The Morgan fingerprint density at radius 3 is 0.885 bits per heavy atom. The number of ether oxygens (including phenoxy) is 2. The van der Waals surface area contributed by atoms with Gasteiger partial charge in [-0.15, -0.1) is 0 Å². The van der Waals surface area contributed by atoms with Crippen LogP contribution in [0.3, 0.4) is 0 Å². The first-order valence-corrected chi connectivity index (χ1v) is 24.1. The van der Waals surface area contributed by atoms with E-state index in [2.05, 4.69) is 13.8 Å². The molecule has 0 fully saturated rings. The summed E-state index contributed by atoms with van der Waals surface area (Å²) < 4.78 is 43.5. The topological polar surface area (TPSA) is 107 Å². The first-order valence-electron chi connectivity index (χ1n) is 22.6. The van der Waals surface area contributed by atoms with Crippen molar-refractivity contribution in [3.63, 3.8) is 0 Å². The zero-order valence-electron chi connectivity index (χ0n) is 34.5. The van der Waals surface area contributed by atoms with Crippen molar-refractivity contribution < 1.29 is 32.0 Å². The predicted molar refractivity (Wildman–Crippen MR) is 219 cm³/mol. The van der Waals surface area contributed by atoms with Gasteiger partial charge in [0.2, 0.25) is 0 Å². The molecule has 8 heteroatoms. The molecule has 52 heavy (non-hydrogen) atoms. The highest BCUT2D eigenvalue weighted by molar-refractivity contribution is 7.87. The zero-order chi connectivity index (χ0) is 38.2. The molecule has 0 aliphatic heterocycles. The van der Waals surface area contributed by atoms with Gasteiger partial charge >= 0.3 is 11.9 Å². The lowest BCUT2D eigenvalue weighted by Gasteiger charge is -2.13. The molecule has 0 aromatic rings. The quantitative estimate of drug-likeness (QED) is 0.0375. The molecule has 1 unspecified atom stereocenters. The van der Waals surface area contributed by atoms with Crippen molar-refractivity contribution in [2.45, 2.75) is 257 Å². The molecule has 1 N–H and O–H groups in total. The van der Waals surface area contributed by atoms with Crippen LogP contribution in [0.4, 0.5) is 0 Å². The average molecular weight is 759 g/mol. The normalized spacial score (nSPS) is 12.3. The van der Waals surface area contributed by atoms with Gasteiger partial charge in [0.25, 0.3) is 10.1 Å². The summed E-state index contributed by atoms with van der Waals surface area (Å²) in [4.78, 5) is 24.6. The van der Waals surface area contributed by atoms with E-state index < -0.39 is 33.7 Å². The molecule has 0 aliphatic rings. The van der Waals surface area contributed by atoms with E-state index >= 15 is 0 Å². The van der Waals surface area contributed by atoms with E-state index in [0.29, 0.717) is 12.8 Å². The van der Waals surface area contributed by atoms with Gasteiger partial charge in [-0.2, -0.15) is 8.42 Å². The maximum absolute atomic E-state index is 12.4. The fraction of sp³-hybridized carbons (Fsp3) is 0.955. The fourth-order valence-electron chi connectivity index (χ4n) is 6.98. The van der Waals surface area contributed by atoms with Gasteiger partial charge in [-0.3, -0.25) is 14.1 Å². The number of esters is 2. The average Bonchev–Trinajstić information content (AvgIpc) is 3.12. The summed E-state index contributed by atoms with van der Waals surface area (Å²) in [6.45, 7) is 4.80. The summed E-state index contributed by atoms with van der Waals surface area (Å²) >= 11 is 0. The smallest absolute Gasteiger partial charge is 0.327 e. The van der Waals surface area contributed by atoms with Crippen molar-refractivity contribution in [3.05, 3.63) is 0 Å². The second-order valence-electron chi connectivity index (χ2n) is 15.6. The Hall–Kier alpha value is -1.15. The third kappa shape index (κ3) is 37.2. The summed E-state index contributed by atoms with van der Waals surface area (Å²) in [7, 11) is -4.77. The van der Waals surface area contributed by atoms with Crippen LogP contribution in [-0.2, 0) is 29.2 Å². The van der Waals surface area contributed by atoms with Gasteiger partial charge in [-0.25, -0.2) is 0 Å². The van der Waals surface area contributed by atoms with E-state index in [9.17, 15) is 22.6 Å². The second kappa shape index (κ2) is 39.5. The molecule has 7 nitrogen and oxygen atoms in total. The molecule has 0 aromatic carbocycles. The number of carbonyl (C=O) groups is 2. The Labute approximate surface area is 323 Å². The Balaban J connectivity index is 3.67. The highest BCUT2D eigenvalue weighted by atomic mass is 32.2. The van der Waals surface area contributed by atoms with E-state index in [-0.39, 0.29) is 13.2 Å². The molecule has 1 atom stereocenters. The van der Waals surface area contributed by atoms with Crippen LogP contribution >= 0.6 is 0 Å². The van der Waals surface area contributed by atoms with Gasteiger partial charge in [0.1, 0.15) is 0 Å². The van der Waals surface area contributed by atoms with Gasteiger partial charge in [-0.1, -0.05) is 232 Å². The molecule has 0 heterocycles. The Bertz CT molecular complexity index is 876. The van der Waals surface area contributed by atoms with Crippen LogP contribution in [0.2, 0.25) is 0 Å². The molecule has 0 radical (unpaired) electrons. The van der Waals surface area contributed by atoms with Crippen LogP contribution in [0.15, 0.2) is 0 Å². The number of hydrogen-bond donors (Lipinski definition) is 1. The van der Waals surface area contributed by atoms with Gasteiger partial charge in [-0.05, 0) is 12.8 Å². The zero-order valence-corrected chi connectivity index (χ0v) is 35.3. The fourth-order valence-corrected chi connectivity index (χ4v) is 7.64. The van der Waals surface area contributed by atoms with Crippen LogP contribution in [-0.4, -0.2) is 43.4 Å². The predicted octanol–water partition coefficient (Wildman–Crippen LogP) is 13.8. The highest BCUT2D eigenvalue weighted by Crippen LogP contribution is 2.17. The summed E-state index contributed by atoms with van der Waals surface area (Å²) in [5.41, 5.74) is 0. The summed E-state index contributed by atoms with van der Waals surface area (Å²) in [5, 5.41) is -1.93. The van der Waals surface area contributed by atoms with Crippen molar-refractivity contribution in [2.75, 3.05) is 13.2 Å². The molecule has 0 rings (SSSR count). The molecular formula is C44H86O7S.